The van der Waals surface area contributed by atoms with Crippen LogP contribution in [-0.4, -0.2) is 18.3 Å². The van der Waals surface area contributed by atoms with Gasteiger partial charge in [-0.25, -0.2) is 0 Å². The van der Waals surface area contributed by atoms with Gasteiger partial charge in [-0.3, -0.25) is 0 Å². The van der Waals surface area contributed by atoms with Gasteiger partial charge in [0.15, 0.2) is 0 Å². The molecule has 0 amide bonds. The molecule has 30 heavy (non-hydrogen) atoms. The Kier molecular flexibility index (Phi) is 4.19. The van der Waals surface area contributed by atoms with Crippen molar-refractivity contribution in [2.24, 2.45) is 0 Å². The second kappa shape index (κ2) is 6.47. The summed E-state index contributed by atoms with van der Waals surface area (Å²) in [5.74, 6) is 0. The van der Waals surface area contributed by atoms with Crippen molar-refractivity contribution in [3.8, 4) is 11.1 Å². The number of benzene rings is 3. The Hall–Kier alpha value is -2.56. The van der Waals surface area contributed by atoms with Crippen LogP contribution in [-0.2, 0) is 9.31 Å². The molecule has 5 rings (SSSR count). The summed E-state index contributed by atoms with van der Waals surface area (Å²) in [6, 6.07) is 19.1. The van der Waals surface area contributed by atoms with Crippen LogP contribution >= 0.6 is 0 Å². The van der Waals surface area contributed by atoms with Gasteiger partial charge in [-0.05, 0) is 81.9 Å². The first kappa shape index (κ1) is 19.4. The molecule has 1 fully saturated rings. The van der Waals surface area contributed by atoms with Crippen molar-refractivity contribution in [1.82, 2.24) is 0 Å². The fourth-order valence-corrected chi connectivity index (χ4v) is 4.27. The maximum Gasteiger partial charge on any atom is 0.495 e. The fraction of sp³-hybridized carbons (Fsp3) is 0.308. The van der Waals surface area contributed by atoms with Crippen molar-refractivity contribution < 1.29 is 13.7 Å². The standard InChI is InChI=1S/C26H27BO3/c1-16-14-22(27-29-25(3,4)26(5,6)30-27)17(2)13-21(16)18-11-12-20-19-9-7-8-10-23(19)28-24(20)15-18/h7-15H,1-6H3. The summed E-state index contributed by atoms with van der Waals surface area (Å²) < 4.78 is 18.7. The summed E-state index contributed by atoms with van der Waals surface area (Å²) in [4.78, 5) is 0. The van der Waals surface area contributed by atoms with Crippen LogP contribution in [0.25, 0.3) is 33.1 Å². The third-order valence-corrected chi connectivity index (χ3v) is 6.81. The van der Waals surface area contributed by atoms with Gasteiger partial charge in [0.25, 0.3) is 0 Å². The van der Waals surface area contributed by atoms with E-state index in [0.717, 1.165) is 33.0 Å². The number of para-hydroxylation sites is 1. The lowest BCUT2D eigenvalue weighted by Gasteiger charge is -2.32. The molecule has 0 unspecified atom stereocenters. The van der Waals surface area contributed by atoms with Crippen molar-refractivity contribution in [3.05, 3.63) is 65.7 Å². The average Bonchev–Trinajstić information content (AvgIpc) is 3.16. The van der Waals surface area contributed by atoms with E-state index < -0.39 is 0 Å². The summed E-state index contributed by atoms with van der Waals surface area (Å²) in [7, 11) is -0.347. The first-order valence-electron chi connectivity index (χ1n) is 10.5. The van der Waals surface area contributed by atoms with Gasteiger partial charge < -0.3 is 13.7 Å². The first-order chi connectivity index (χ1) is 14.2. The molecule has 4 aromatic rings. The van der Waals surface area contributed by atoms with Crippen LogP contribution in [0.15, 0.2) is 59.0 Å². The van der Waals surface area contributed by atoms with Crippen LogP contribution in [0.3, 0.4) is 0 Å². The second-order valence-corrected chi connectivity index (χ2v) is 9.42. The predicted octanol–water partition coefficient (Wildman–Crippen LogP) is 6.17. The van der Waals surface area contributed by atoms with Crippen molar-refractivity contribution in [2.45, 2.75) is 52.7 Å². The molecule has 0 spiro atoms. The van der Waals surface area contributed by atoms with Gasteiger partial charge in [0.1, 0.15) is 11.2 Å². The lowest BCUT2D eigenvalue weighted by Crippen LogP contribution is -2.41. The lowest BCUT2D eigenvalue weighted by molar-refractivity contribution is 0.00578. The molecule has 0 N–H and O–H groups in total. The molecule has 152 valence electrons. The van der Waals surface area contributed by atoms with E-state index in [2.05, 4.69) is 77.9 Å². The third kappa shape index (κ3) is 2.90. The van der Waals surface area contributed by atoms with E-state index in [4.69, 9.17) is 13.7 Å². The number of aryl methyl sites for hydroxylation is 2. The van der Waals surface area contributed by atoms with Crippen LogP contribution < -0.4 is 5.46 Å². The monoisotopic (exact) mass is 398 g/mol. The zero-order chi connectivity index (χ0) is 21.3. The van der Waals surface area contributed by atoms with Gasteiger partial charge in [0, 0.05) is 10.8 Å². The van der Waals surface area contributed by atoms with Crippen molar-refractivity contribution in [3.63, 3.8) is 0 Å². The Labute approximate surface area is 178 Å². The minimum absolute atomic E-state index is 0.344. The Morgan fingerprint density at radius 2 is 1.37 bits per heavy atom. The average molecular weight is 398 g/mol. The van der Waals surface area contributed by atoms with E-state index in [0.29, 0.717) is 0 Å². The van der Waals surface area contributed by atoms with Crippen LogP contribution in [0.4, 0.5) is 0 Å². The Morgan fingerprint density at radius 3 is 2.10 bits per heavy atom. The smallest absolute Gasteiger partial charge is 0.456 e. The summed E-state index contributed by atoms with van der Waals surface area (Å²) in [6.45, 7) is 12.6. The minimum Gasteiger partial charge on any atom is -0.456 e. The normalized spacial score (nSPS) is 17.9. The number of hydrogen-bond acceptors (Lipinski definition) is 3. The minimum atomic E-state index is -0.347. The zero-order valence-corrected chi connectivity index (χ0v) is 18.5. The maximum atomic E-state index is 6.29. The van der Waals surface area contributed by atoms with E-state index in [1.54, 1.807) is 0 Å². The fourth-order valence-electron chi connectivity index (χ4n) is 4.27. The second-order valence-electron chi connectivity index (χ2n) is 9.42. The molecule has 3 aromatic carbocycles. The predicted molar refractivity (Wildman–Crippen MR) is 124 cm³/mol. The van der Waals surface area contributed by atoms with Gasteiger partial charge in [0.2, 0.25) is 0 Å². The number of furan rings is 1. The number of rotatable bonds is 2. The van der Waals surface area contributed by atoms with Crippen LogP contribution in [0.1, 0.15) is 38.8 Å². The molecule has 4 heteroatoms. The molecule has 1 aliphatic rings. The topological polar surface area (TPSA) is 31.6 Å². The molecule has 0 bridgehead atoms. The molecule has 2 heterocycles. The highest BCUT2D eigenvalue weighted by molar-refractivity contribution is 6.62. The number of fused-ring (bicyclic) bond motifs is 3. The number of hydrogen-bond donors (Lipinski definition) is 0. The van der Waals surface area contributed by atoms with E-state index in [1.165, 1.54) is 16.7 Å². The molecule has 3 nitrogen and oxygen atoms in total. The van der Waals surface area contributed by atoms with E-state index in [1.807, 2.05) is 18.2 Å². The molecular weight excluding hydrogens is 371 g/mol. The highest BCUT2D eigenvalue weighted by Crippen LogP contribution is 2.38. The summed E-state index contributed by atoms with van der Waals surface area (Å²) >= 11 is 0. The van der Waals surface area contributed by atoms with Gasteiger partial charge in [0.05, 0.1) is 11.2 Å². The highest BCUT2D eigenvalue weighted by Gasteiger charge is 2.52. The molecule has 1 aliphatic heterocycles. The summed E-state index contributed by atoms with van der Waals surface area (Å²) in [5.41, 5.74) is 6.97. The Balaban J connectivity index is 1.56. The lowest BCUT2D eigenvalue weighted by atomic mass is 9.74. The molecule has 0 atom stereocenters. The Bertz CT molecular complexity index is 1270. The van der Waals surface area contributed by atoms with E-state index >= 15 is 0 Å². The van der Waals surface area contributed by atoms with Crippen LogP contribution in [0, 0.1) is 13.8 Å². The van der Waals surface area contributed by atoms with Crippen molar-refractivity contribution in [2.75, 3.05) is 0 Å². The summed E-state index contributed by atoms with van der Waals surface area (Å²) in [5, 5.41) is 2.31. The van der Waals surface area contributed by atoms with Crippen molar-refractivity contribution in [1.29, 1.82) is 0 Å². The largest absolute Gasteiger partial charge is 0.495 e. The quantitative estimate of drug-likeness (QED) is 0.379. The van der Waals surface area contributed by atoms with E-state index in [-0.39, 0.29) is 18.3 Å². The SMILES string of the molecule is Cc1cc(-c2ccc3c(c2)oc2ccccc23)c(C)cc1B1OC(C)(C)C(C)(C)O1. The molecule has 0 aliphatic carbocycles. The van der Waals surface area contributed by atoms with Crippen LogP contribution in [0.5, 0.6) is 0 Å². The highest BCUT2D eigenvalue weighted by atomic mass is 16.7. The zero-order valence-electron chi connectivity index (χ0n) is 18.5. The van der Waals surface area contributed by atoms with Gasteiger partial charge in [-0.1, -0.05) is 42.0 Å². The molecular formula is C26H27BO3. The van der Waals surface area contributed by atoms with Crippen LogP contribution in [0.2, 0.25) is 0 Å². The third-order valence-electron chi connectivity index (χ3n) is 6.81. The van der Waals surface area contributed by atoms with Gasteiger partial charge >= 0.3 is 7.12 Å². The molecule has 0 saturated carbocycles. The first-order valence-corrected chi connectivity index (χ1v) is 10.5. The molecule has 1 aromatic heterocycles. The molecule has 1 saturated heterocycles. The Morgan fingerprint density at radius 1 is 0.700 bits per heavy atom. The van der Waals surface area contributed by atoms with E-state index in [9.17, 15) is 0 Å². The van der Waals surface area contributed by atoms with Gasteiger partial charge in [-0.2, -0.15) is 0 Å². The van der Waals surface area contributed by atoms with Crippen molar-refractivity contribution >= 4 is 34.5 Å². The maximum absolute atomic E-state index is 6.29. The molecule has 0 radical (unpaired) electrons. The summed E-state index contributed by atoms with van der Waals surface area (Å²) in [6.07, 6.45) is 0. The van der Waals surface area contributed by atoms with Gasteiger partial charge in [-0.15, -0.1) is 0 Å².